The van der Waals surface area contributed by atoms with Gasteiger partial charge in [-0.1, -0.05) is 0 Å². The molecule has 0 unspecified atom stereocenters. The predicted octanol–water partition coefficient (Wildman–Crippen LogP) is 0.122. The Morgan fingerprint density at radius 3 is 2.42 bits per heavy atom. The second-order valence-electron chi connectivity index (χ2n) is 3.71. The molecular formula is C7H14N2O2S. The van der Waals surface area contributed by atoms with Crippen LogP contribution in [0, 0.1) is 0 Å². The molecule has 0 spiro atoms. The van der Waals surface area contributed by atoms with Crippen molar-refractivity contribution in [3.05, 3.63) is 0 Å². The maximum absolute atomic E-state index is 11.1. The molecule has 0 aromatic heterocycles. The summed E-state index contributed by atoms with van der Waals surface area (Å²) in [5, 5.41) is 0. The number of carbonyl (C=O) groups is 1. The number of rotatable bonds is 2. The van der Waals surface area contributed by atoms with E-state index >= 15 is 0 Å². The Morgan fingerprint density at radius 1 is 1.58 bits per heavy atom. The summed E-state index contributed by atoms with van der Waals surface area (Å²) in [6.45, 7) is 0. The molecule has 70 valence electrons. The third kappa shape index (κ3) is 3.32. The standard InChI is InChI=1S/C7H14N2O2S/c1-12(2,11)9-6(10)5-7(8)3-4-7/h3-5,8H2,1-2H3. The van der Waals surface area contributed by atoms with Crippen LogP contribution in [0.2, 0.25) is 0 Å². The summed E-state index contributed by atoms with van der Waals surface area (Å²) in [7, 11) is -2.30. The van der Waals surface area contributed by atoms with Crippen molar-refractivity contribution in [2.45, 2.75) is 24.8 Å². The highest BCUT2D eigenvalue weighted by Crippen LogP contribution is 2.35. The number of amides is 1. The van der Waals surface area contributed by atoms with Gasteiger partial charge in [-0.2, -0.15) is 4.36 Å². The Hall–Kier alpha value is -0.420. The Labute approximate surface area is 72.7 Å². The van der Waals surface area contributed by atoms with Crippen LogP contribution in [0.1, 0.15) is 19.3 Å². The molecule has 5 heteroatoms. The lowest BCUT2D eigenvalue weighted by Gasteiger charge is -2.03. The molecule has 0 atom stereocenters. The van der Waals surface area contributed by atoms with E-state index in [1.54, 1.807) is 0 Å². The molecule has 12 heavy (non-hydrogen) atoms. The minimum Gasteiger partial charge on any atom is -0.325 e. The van der Waals surface area contributed by atoms with Crippen molar-refractivity contribution < 1.29 is 9.00 Å². The van der Waals surface area contributed by atoms with E-state index < -0.39 is 9.73 Å². The van der Waals surface area contributed by atoms with Gasteiger partial charge < -0.3 is 5.73 Å². The lowest BCUT2D eigenvalue weighted by molar-refractivity contribution is -0.118. The smallest absolute Gasteiger partial charge is 0.255 e. The first kappa shape index (κ1) is 9.67. The van der Waals surface area contributed by atoms with Gasteiger partial charge in [0.25, 0.3) is 5.91 Å². The number of carbonyl (C=O) groups excluding carboxylic acids is 1. The molecular weight excluding hydrogens is 176 g/mol. The highest BCUT2D eigenvalue weighted by Gasteiger charge is 2.40. The highest BCUT2D eigenvalue weighted by molar-refractivity contribution is 7.92. The largest absolute Gasteiger partial charge is 0.325 e. The van der Waals surface area contributed by atoms with Crippen LogP contribution in [-0.4, -0.2) is 28.2 Å². The Balaban J connectivity index is 2.56. The molecule has 2 N–H and O–H groups in total. The van der Waals surface area contributed by atoms with Gasteiger partial charge in [0.05, 0.1) is 0 Å². The molecule has 1 fully saturated rings. The second-order valence-corrected chi connectivity index (χ2v) is 6.25. The van der Waals surface area contributed by atoms with Crippen LogP contribution in [0.15, 0.2) is 4.36 Å². The zero-order chi connectivity index (χ0) is 9.41. The van der Waals surface area contributed by atoms with Crippen molar-refractivity contribution in [3.8, 4) is 0 Å². The first-order valence-electron chi connectivity index (χ1n) is 3.80. The molecule has 1 aliphatic rings. The molecule has 0 heterocycles. The lowest BCUT2D eigenvalue weighted by atomic mass is 10.2. The van der Waals surface area contributed by atoms with Crippen LogP contribution >= 0.6 is 0 Å². The minimum atomic E-state index is -2.30. The number of hydrogen-bond acceptors (Lipinski definition) is 3. The average Bonchev–Trinajstić information content (AvgIpc) is 2.40. The Kier molecular flexibility index (Phi) is 2.27. The fraction of sp³-hybridized carbons (Fsp3) is 0.857. The average molecular weight is 190 g/mol. The second kappa shape index (κ2) is 2.81. The van der Waals surface area contributed by atoms with E-state index in [-0.39, 0.29) is 17.9 Å². The van der Waals surface area contributed by atoms with E-state index in [2.05, 4.69) is 4.36 Å². The summed E-state index contributed by atoms with van der Waals surface area (Å²) in [6, 6.07) is 0. The molecule has 0 aromatic rings. The molecule has 1 aliphatic carbocycles. The van der Waals surface area contributed by atoms with Gasteiger partial charge in [0, 0.05) is 34.2 Å². The van der Waals surface area contributed by atoms with Gasteiger partial charge >= 0.3 is 0 Å². The van der Waals surface area contributed by atoms with Crippen LogP contribution in [0.5, 0.6) is 0 Å². The topological polar surface area (TPSA) is 72.5 Å². The molecule has 0 aliphatic heterocycles. The molecule has 0 radical (unpaired) electrons. The van der Waals surface area contributed by atoms with E-state index in [9.17, 15) is 9.00 Å². The van der Waals surface area contributed by atoms with E-state index in [1.165, 1.54) is 12.5 Å². The molecule has 0 bridgehead atoms. The molecule has 1 saturated carbocycles. The van der Waals surface area contributed by atoms with Gasteiger partial charge in [-0.15, -0.1) is 0 Å². The number of nitrogens with zero attached hydrogens (tertiary/aromatic N) is 1. The maximum atomic E-state index is 11.1. The van der Waals surface area contributed by atoms with Gasteiger partial charge in [-0.3, -0.25) is 4.79 Å². The van der Waals surface area contributed by atoms with E-state index in [4.69, 9.17) is 5.73 Å². The van der Waals surface area contributed by atoms with Gasteiger partial charge in [0.15, 0.2) is 0 Å². The normalized spacial score (nSPS) is 20.2. The zero-order valence-corrected chi connectivity index (χ0v) is 8.19. The van der Waals surface area contributed by atoms with Gasteiger partial charge in [0.1, 0.15) is 0 Å². The summed E-state index contributed by atoms with van der Waals surface area (Å²) >= 11 is 0. The van der Waals surface area contributed by atoms with E-state index in [0.717, 1.165) is 12.8 Å². The monoisotopic (exact) mass is 190 g/mol. The third-order valence-electron chi connectivity index (χ3n) is 1.72. The zero-order valence-electron chi connectivity index (χ0n) is 7.37. The summed E-state index contributed by atoms with van der Waals surface area (Å²) in [5.41, 5.74) is 5.36. The van der Waals surface area contributed by atoms with Crippen LogP contribution in [0.3, 0.4) is 0 Å². The van der Waals surface area contributed by atoms with E-state index in [0.29, 0.717) is 0 Å². The summed E-state index contributed by atoms with van der Waals surface area (Å²) in [4.78, 5) is 11.1. The Bertz CT molecular complexity index is 303. The predicted molar refractivity (Wildman–Crippen MR) is 48.2 cm³/mol. The third-order valence-corrected chi connectivity index (χ3v) is 2.36. The number of nitrogens with two attached hydrogens (primary N) is 1. The lowest BCUT2D eigenvalue weighted by Crippen LogP contribution is -2.25. The first-order chi connectivity index (χ1) is 5.31. The van der Waals surface area contributed by atoms with Crippen molar-refractivity contribution >= 4 is 15.6 Å². The van der Waals surface area contributed by atoms with Crippen molar-refractivity contribution in [3.63, 3.8) is 0 Å². The van der Waals surface area contributed by atoms with Crippen LogP contribution in [0.4, 0.5) is 0 Å². The fourth-order valence-electron chi connectivity index (χ4n) is 0.916. The van der Waals surface area contributed by atoms with Gasteiger partial charge in [0.2, 0.25) is 0 Å². The van der Waals surface area contributed by atoms with Crippen LogP contribution in [0.25, 0.3) is 0 Å². The quantitative estimate of drug-likeness (QED) is 0.672. The van der Waals surface area contributed by atoms with Crippen molar-refractivity contribution in [1.82, 2.24) is 0 Å². The summed E-state index contributed by atoms with van der Waals surface area (Å²) in [6.07, 6.45) is 4.89. The molecule has 1 rings (SSSR count). The highest BCUT2D eigenvalue weighted by atomic mass is 32.2. The van der Waals surface area contributed by atoms with Crippen molar-refractivity contribution in [1.29, 1.82) is 0 Å². The SMILES string of the molecule is CS(C)(=O)=NC(=O)CC1(N)CC1. The number of hydrogen-bond donors (Lipinski definition) is 1. The minimum absolute atomic E-state index is 0.242. The molecule has 1 amide bonds. The molecule has 0 saturated heterocycles. The van der Waals surface area contributed by atoms with Crippen molar-refractivity contribution in [2.24, 2.45) is 10.1 Å². The van der Waals surface area contributed by atoms with Crippen molar-refractivity contribution in [2.75, 3.05) is 12.5 Å². The van der Waals surface area contributed by atoms with Crippen LogP contribution < -0.4 is 5.73 Å². The molecule has 4 nitrogen and oxygen atoms in total. The maximum Gasteiger partial charge on any atom is 0.255 e. The summed E-state index contributed by atoms with van der Waals surface area (Å²) in [5.74, 6) is -0.329. The summed E-state index contributed by atoms with van der Waals surface area (Å²) < 4.78 is 14.6. The first-order valence-corrected chi connectivity index (χ1v) is 6.13. The van der Waals surface area contributed by atoms with E-state index in [1.807, 2.05) is 0 Å². The Morgan fingerprint density at radius 2 is 2.08 bits per heavy atom. The molecule has 0 aromatic carbocycles. The van der Waals surface area contributed by atoms with Gasteiger partial charge in [-0.05, 0) is 12.8 Å². The van der Waals surface area contributed by atoms with Gasteiger partial charge in [-0.25, -0.2) is 4.21 Å². The fourth-order valence-corrected chi connectivity index (χ4v) is 1.47. The van der Waals surface area contributed by atoms with Crippen LogP contribution in [-0.2, 0) is 14.5 Å².